The first-order valence-electron chi connectivity index (χ1n) is 6.88. The van der Waals surface area contributed by atoms with Crippen LogP contribution in [0.5, 0.6) is 23.0 Å². The number of benzene rings is 2. The van der Waals surface area contributed by atoms with Crippen molar-refractivity contribution in [3.8, 4) is 23.0 Å². The molecule has 23 heavy (non-hydrogen) atoms. The lowest BCUT2D eigenvalue weighted by molar-refractivity contribution is 0.0595. The van der Waals surface area contributed by atoms with Crippen molar-refractivity contribution < 1.29 is 29.6 Å². The van der Waals surface area contributed by atoms with Gasteiger partial charge < -0.3 is 24.8 Å². The molecule has 2 aromatic rings. The molecule has 6 heteroatoms. The monoisotopic (exact) mass is 318 g/mol. The van der Waals surface area contributed by atoms with Gasteiger partial charge in [0.2, 0.25) is 0 Å². The van der Waals surface area contributed by atoms with Crippen molar-refractivity contribution >= 4 is 5.97 Å². The van der Waals surface area contributed by atoms with Crippen molar-refractivity contribution in [1.29, 1.82) is 0 Å². The van der Waals surface area contributed by atoms with Gasteiger partial charge in [-0.1, -0.05) is 6.07 Å². The maximum Gasteiger partial charge on any atom is 0.342 e. The smallest absolute Gasteiger partial charge is 0.342 e. The first-order valence-corrected chi connectivity index (χ1v) is 6.88. The molecule has 0 saturated heterocycles. The van der Waals surface area contributed by atoms with E-state index in [0.29, 0.717) is 16.9 Å². The number of hydrogen-bond donors (Lipinski definition) is 3. The van der Waals surface area contributed by atoms with Gasteiger partial charge in [-0.2, -0.15) is 0 Å². The second kappa shape index (κ2) is 6.48. The Balaban J connectivity index is 2.67. The second-order valence-electron chi connectivity index (χ2n) is 5.04. The number of rotatable bonds is 4. The number of aromatic hydroxyl groups is 3. The Morgan fingerprint density at radius 1 is 1.09 bits per heavy atom. The largest absolute Gasteiger partial charge is 0.508 e. The highest BCUT2D eigenvalue weighted by molar-refractivity contribution is 5.95. The van der Waals surface area contributed by atoms with E-state index in [1.165, 1.54) is 26.4 Å². The predicted molar refractivity (Wildman–Crippen MR) is 83.3 cm³/mol. The molecule has 0 saturated carbocycles. The van der Waals surface area contributed by atoms with Crippen LogP contribution in [0.15, 0.2) is 24.3 Å². The zero-order valence-electron chi connectivity index (χ0n) is 13.1. The molecule has 0 spiro atoms. The highest BCUT2D eigenvalue weighted by atomic mass is 16.5. The maximum atomic E-state index is 12.0. The van der Waals surface area contributed by atoms with Gasteiger partial charge in [0.25, 0.3) is 0 Å². The Labute approximate surface area is 133 Å². The zero-order chi connectivity index (χ0) is 17.1. The fourth-order valence-electron chi connectivity index (χ4n) is 2.46. The summed E-state index contributed by atoms with van der Waals surface area (Å²) in [6.45, 7) is 1.60. The molecule has 0 fully saturated rings. The number of hydrogen-bond acceptors (Lipinski definition) is 6. The third kappa shape index (κ3) is 3.01. The number of phenolic OH excluding ortho intramolecular Hbond substituents is 3. The Morgan fingerprint density at radius 2 is 1.78 bits per heavy atom. The minimum atomic E-state index is -0.776. The van der Waals surface area contributed by atoms with Crippen molar-refractivity contribution in [2.24, 2.45) is 0 Å². The molecule has 0 bridgehead atoms. The van der Waals surface area contributed by atoms with Crippen LogP contribution in [0.2, 0.25) is 0 Å². The average molecular weight is 318 g/mol. The molecule has 3 N–H and O–H groups in total. The van der Waals surface area contributed by atoms with E-state index in [-0.39, 0.29) is 34.8 Å². The van der Waals surface area contributed by atoms with Crippen LogP contribution in [0, 0.1) is 6.92 Å². The van der Waals surface area contributed by atoms with Crippen LogP contribution in [-0.2, 0) is 11.2 Å². The Morgan fingerprint density at radius 3 is 2.39 bits per heavy atom. The van der Waals surface area contributed by atoms with Crippen LogP contribution in [0.3, 0.4) is 0 Å². The molecule has 2 aromatic carbocycles. The minimum absolute atomic E-state index is 0.0125. The van der Waals surface area contributed by atoms with Crippen molar-refractivity contribution in [2.75, 3.05) is 14.2 Å². The zero-order valence-corrected chi connectivity index (χ0v) is 13.1. The van der Waals surface area contributed by atoms with Crippen LogP contribution in [0.4, 0.5) is 0 Å². The third-order valence-corrected chi connectivity index (χ3v) is 3.64. The fraction of sp³-hybridized carbons (Fsp3) is 0.235. The van der Waals surface area contributed by atoms with Gasteiger partial charge in [-0.05, 0) is 30.7 Å². The lowest BCUT2D eigenvalue weighted by Crippen LogP contribution is -2.08. The normalized spacial score (nSPS) is 10.4. The number of carbonyl (C=O) groups excluding carboxylic acids is 1. The van der Waals surface area contributed by atoms with E-state index in [2.05, 4.69) is 4.74 Å². The summed E-state index contributed by atoms with van der Waals surface area (Å²) in [5.41, 5.74) is 0.815. The standard InChI is InChI=1S/C17H18O6/c1-9-7-13(19)15(17(21)23-3)11(16(9)20)8-10-12(18)5-4-6-14(10)22-2/h4-7,18-20H,8H2,1-3H3. The van der Waals surface area contributed by atoms with E-state index in [1.54, 1.807) is 19.1 Å². The number of ether oxygens (including phenoxy) is 2. The quantitative estimate of drug-likeness (QED) is 0.592. The first kappa shape index (κ1) is 16.5. The van der Waals surface area contributed by atoms with Crippen LogP contribution in [0.25, 0.3) is 0 Å². The van der Waals surface area contributed by atoms with Crippen LogP contribution >= 0.6 is 0 Å². The molecule has 6 nitrogen and oxygen atoms in total. The number of methoxy groups -OCH3 is 2. The third-order valence-electron chi connectivity index (χ3n) is 3.64. The fourth-order valence-corrected chi connectivity index (χ4v) is 2.46. The molecule has 0 aliphatic carbocycles. The topological polar surface area (TPSA) is 96.2 Å². The van der Waals surface area contributed by atoms with Crippen LogP contribution in [0.1, 0.15) is 27.0 Å². The molecular formula is C17H18O6. The first-order chi connectivity index (χ1) is 10.9. The molecular weight excluding hydrogens is 300 g/mol. The molecule has 0 aliphatic rings. The predicted octanol–water partition coefficient (Wildman–Crippen LogP) is 2.50. The van der Waals surface area contributed by atoms with Gasteiger partial charge >= 0.3 is 5.97 Å². The summed E-state index contributed by atoms with van der Waals surface area (Å²) in [5.74, 6) is -0.853. The van der Waals surface area contributed by atoms with Crippen molar-refractivity contribution in [3.05, 3.63) is 46.5 Å². The van der Waals surface area contributed by atoms with E-state index in [0.717, 1.165) is 0 Å². The molecule has 0 unspecified atom stereocenters. The SMILES string of the molecule is COC(=O)c1c(O)cc(C)c(O)c1Cc1c(O)cccc1OC. The summed E-state index contributed by atoms with van der Waals surface area (Å²) in [6.07, 6.45) is -0.0125. The summed E-state index contributed by atoms with van der Waals surface area (Å²) < 4.78 is 9.88. The van der Waals surface area contributed by atoms with Gasteiger partial charge in [0.15, 0.2) is 0 Å². The summed E-state index contributed by atoms with van der Waals surface area (Å²) in [4.78, 5) is 12.0. The van der Waals surface area contributed by atoms with Gasteiger partial charge in [0.05, 0.1) is 14.2 Å². The molecule has 0 aliphatic heterocycles. The molecule has 0 heterocycles. The Bertz CT molecular complexity index is 751. The summed E-state index contributed by atoms with van der Waals surface area (Å²) in [5, 5.41) is 30.4. The van der Waals surface area contributed by atoms with Gasteiger partial charge in [-0.25, -0.2) is 4.79 Å². The van der Waals surface area contributed by atoms with Gasteiger partial charge in [0, 0.05) is 17.5 Å². The van der Waals surface area contributed by atoms with E-state index in [9.17, 15) is 20.1 Å². The minimum Gasteiger partial charge on any atom is -0.508 e. The number of esters is 1. The Hall–Kier alpha value is -2.89. The average Bonchev–Trinajstić information content (AvgIpc) is 2.53. The van der Waals surface area contributed by atoms with Crippen LogP contribution < -0.4 is 4.74 Å². The number of carbonyl (C=O) groups is 1. The molecule has 0 radical (unpaired) electrons. The van der Waals surface area contributed by atoms with Crippen molar-refractivity contribution in [3.63, 3.8) is 0 Å². The van der Waals surface area contributed by atoms with Gasteiger partial charge in [-0.15, -0.1) is 0 Å². The summed E-state index contributed by atoms with van der Waals surface area (Å²) in [7, 11) is 2.64. The highest BCUT2D eigenvalue weighted by Crippen LogP contribution is 2.38. The van der Waals surface area contributed by atoms with Gasteiger partial charge in [0.1, 0.15) is 28.6 Å². The summed E-state index contributed by atoms with van der Waals surface area (Å²) >= 11 is 0. The number of aryl methyl sites for hydroxylation is 1. The maximum absolute atomic E-state index is 12.0. The van der Waals surface area contributed by atoms with E-state index >= 15 is 0 Å². The van der Waals surface area contributed by atoms with E-state index in [4.69, 9.17) is 4.74 Å². The summed E-state index contributed by atoms with van der Waals surface area (Å²) in [6, 6.07) is 6.03. The lowest BCUT2D eigenvalue weighted by Gasteiger charge is -2.16. The van der Waals surface area contributed by atoms with Gasteiger partial charge in [-0.3, -0.25) is 0 Å². The highest BCUT2D eigenvalue weighted by Gasteiger charge is 2.24. The van der Waals surface area contributed by atoms with Crippen LogP contribution in [-0.4, -0.2) is 35.5 Å². The molecule has 2 rings (SSSR count). The molecule has 0 amide bonds. The molecule has 0 atom stereocenters. The Kier molecular flexibility index (Phi) is 4.64. The van der Waals surface area contributed by atoms with E-state index < -0.39 is 5.97 Å². The lowest BCUT2D eigenvalue weighted by atomic mass is 9.94. The molecule has 122 valence electrons. The van der Waals surface area contributed by atoms with E-state index in [1.807, 2.05) is 0 Å². The second-order valence-corrected chi connectivity index (χ2v) is 5.04. The molecule has 0 aromatic heterocycles. The number of phenols is 3. The van der Waals surface area contributed by atoms with Crippen molar-refractivity contribution in [1.82, 2.24) is 0 Å². The van der Waals surface area contributed by atoms with Crippen molar-refractivity contribution in [2.45, 2.75) is 13.3 Å².